The molecule has 3 rings (SSSR count). The number of nitrogens with one attached hydrogen (secondary N) is 2. The first-order chi connectivity index (χ1) is 12.3. The molecule has 2 N–H and O–H groups in total. The lowest BCUT2D eigenvalue weighted by atomic mass is 9.97. The summed E-state index contributed by atoms with van der Waals surface area (Å²) >= 11 is 0. The maximum atomic E-state index is 13.6. The minimum Gasteiger partial charge on any atom is -0.333 e. The molecule has 1 saturated heterocycles. The number of nitrogens with zero attached hydrogens (tertiary/aromatic N) is 2. The average molecular weight is 359 g/mol. The van der Waals surface area contributed by atoms with E-state index in [0.717, 1.165) is 50.3 Å². The summed E-state index contributed by atoms with van der Waals surface area (Å²) in [6.45, 7) is 12.2. The summed E-state index contributed by atoms with van der Waals surface area (Å²) in [6, 6.07) is 5.26. The van der Waals surface area contributed by atoms with Crippen LogP contribution < -0.4 is 10.6 Å². The van der Waals surface area contributed by atoms with Crippen molar-refractivity contribution in [2.45, 2.75) is 58.5 Å². The van der Waals surface area contributed by atoms with E-state index in [1.54, 1.807) is 6.92 Å². The molecule has 2 aromatic rings. The smallest absolute Gasteiger partial charge is 0.126 e. The van der Waals surface area contributed by atoms with Crippen LogP contribution in [0, 0.1) is 12.7 Å². The van der Waals surface area contributed by atoms with Crippen LogP contribution in [0.3, 0.4) is 0 Å². The van der Waals surface area contributed by atoms with Gasteiger partial charge < -0.3 is 15.2 Å². The maximum Gasteiger partial charge on any atom is 0.126 e. The summed E-state index contributed by atoms with van der Waals surface area (Å²) in [5, 5.41) is 6.98. The van der Waals surface area contributed by atoms with Crippen molar-refractivity contribution in [1.82, 2.24) is 20.2 Å². The van der Waals surface area contributed by atoms with E-state index in [2.05, 4.69) is 42.2 Å². The second-order valence-corrected chi connectivity index (χ2v) is 8.34. The van der Waals surface area contributed by atoms with Gasteiger partial charge in [-0.25, -0.2) is 9.37 Å². The molecule has 0 saturated carbocycles. The summed E-state index contributed by atoms with van der Waals surface area (Å²) in [6.07, 6.45) is 4.37. The predicted octanol–water partition coefficient (Wildman–Crippen LogP) is 3.85. The van der Waals surface area contributed by atoms with Gasteiger partial charge in [-0.3, -0.25) is 0 Å². The normalized spacial score (nSPS) is 16.2. The average Bonchev–Trinajstić information content (AvgIpc) is 3.01. The van der Waals surface area contributed by atoms with Crippen LogP contribution in [0.4, 0.5) is 4.39 Å². The molecule has 26 heavy (non-hydrogen) atoms. The third-order valence-electron chi connectivity index (χ3n) is 4.97. The number of aromatic nitrogens is 2. The zero-order chi connectivity index (χ0) is 18.7. The topological polar surface area (TPSA) is 41.9 Å². The first-order valence-electron chi connectivity index (χ1n) is 9.63. The summed E-state index contributed by atoms with van der Waals surface area (Å²) in [5.41, 5.74) is 2.70. The summed E-state index contributed by atoms with van der Waals surface area (Å²) < 4.78 is 15.9. The Balaban J connectivity index is 1.87. The molecule has 0 aliphatic carbocycles. The standard InChI is InChI=1S/C21H31FN4/c1-15-13-17(5-6-18(15)22)19-14-26(12-11-24-21(2,3)4)20(25-19)16-7-9-23-10-8-16/h5-6,13-14,16,23-24H,7-12H2,1-4H3. The third kappa shape index (κ3) is 4.71. The zero-order valence-electron chi connectivity index (χ0n) is 16.4. The Morgan fingerprint density at radius 3 is 2.65 bits per heavy atom. The van der Waals surface area contributed by atoms with Crippen molar-refractivity contribution in [3.8, 4) is 11.3 Å². The van der Waals surface area contributed by atoms with Gasteiger partial charge in [-0.05, 0) is 77.4 Å². The number of benzene rings is 1. The van der Waals surface area contributed by atoms with Crippen molar-refractivity contribution in [2.75, 3.05) is 19.6 Å². The molecule has 1 aliphatic heterocycles. The van der Waals surface area contributed by atoms with E-state index in [4.69, 9.17) is 4.98 Å². The molecule has 1 aromatic carbocycles. The number of halogens is 1. The van der Waals surface area contributed by atoms with Crippen LogP contribution in [0.1, 0.15) is 50.9 Å². The molecule has 0 spiro atoms. The highest BCUT2D eigenvalue weighted by atomic mass is 19.1. The summed E-state index contributed by atoms with van der Waals surface area (Å²) in [4.78, 5) is 4.97. The first-order valence-corrected chi connectivity index (χ1v) is 9.63. The predicted molar refractivity (Wildman–Crippen MR) is 105 cm³/mol. The van der Waals surface area contributed by atoms with Gasteiger partial charge in [0.05, 0.1) is 5.69 Å². The molecule has 5 heteroatoms. The molecule has 0 unspecified atom stereocenters. The van der Waals surface area contributed by atoms with Crippen LogP contribution >= 0.6 is 0 Å². The highest BCUT2D eigenvalue weighted by Gasteiger charge is 2.22. The van der Waals surface area contributed by atoms with Crippen molar-refractivity contribution in [2.24, 2.45) is 0 Å². The lowest BCUT2D eigenvalue weighted by molar-refractivity contribution is 0.396. The van der Waals surface area contributed by atoms with Gasteiger partial charge in [0.1, 0.15) is 11.6 Å². The van der Waals surface area contributed by atoms with E-state index in [1.807, 2.05) is 12.1 Å². The Morgan fingerprint density at radius 1 is 1.27 bits per heavy atom. The SMILES string of the molecule is Cc1cc(-c2cn(CCNC(C)(C)C)c(C3CCNCC3)n2)ccc1F. The molecule has 2 heterocycles. The molecule has 0 bridgehead atoms. The molecule has 1 aromatic heterocycles. The van der Waals surface area contributed by atoms with Crippen molar-refractivity contribution in [3.63, 3.8) is 0 Å². The van der Waals surface area contributed by atoms with Gasteiger partial charge >= 0.3 is 0 Å². The van der Waals surface area contributed by atoms with Crippen LogP contribution in [0.5, 0.6) is 0 Å². The number of hydrogen-bond donors (Lipinski definition) is 2. The molecule has 1 aliphatic rings. The minimum atomic E-state index is -0.166. The van der Waals surface area contributed by atoms with Gasteiger partial charge in [0.25, 0.3) is 0 Å². The zero-order valence-corrected chi connectivity index (χ0v) is 16.4. The van der Waals surface area contributed by atoms with Crippen molar-refractivity contribution >= 4 is 0 Å². The minimum absolute atomic E-state index is 0.104. The monoisotopic (exact) mass is 358 g/mol. The number of rotatable bonds is 5. The van der Waals surface area contributed by atoms with Crippen LogP contribution in [0.2, 0.25) is 0 Å². The largest absolute Gasteiger partial charge is 0.333 e. The first kappa shape index (κ1) is 19.1. The van der Waals surface area contributed by atoms with E-state index in [1.165, 1.54) is 11.9 Å². The summed E-state index contributed by atoms with van der Waals surface area (Å²) in [7, 11) is 0. The van der Waals surface area contributed by atoms with Crippen LogP contribution in [-0.4, -0.2) is 34.7 Å². The number of piperidine rings is 1. The van der Waals surface area contributed by atoms with Gasteiger partial charge in [-0.1, -0.05) is 0 Å². The fraction of sp³-hybridized carbons (Fsp3) is 0.571. The van der Waals surface area contributed by atoms with E-state index >= 15 is 0 Å². The Morgan fingerprint density at radius 2 is 2.00 bits per heavy atom. The Labute approximate surface area is 156 Å². The van der Waals surface area contributed by atoms with Crippen molar-refractivity contribution in [1.29, 1.82) is 0 Å². The van der Waals surface area contributed by atoms with E-state index in [-0.39, 0.29) is 11.4 Å². The Bertz CT molecular complexity index is 739. The summed E-state index contributed by atoms with van der Waals surface area (Å²) in [5.74, 6) is 1.49. The lowest BCUT2D eigenvalue weighted by Gasteiger charge is -2.24. The molecular formula is C21H31FN4. The molecular weight excluding hydrogens is 327 g/mol. The van der Waals surface area contributed by atoms with Crippen molar-refractivity contribution < 1.29 is 4.39 Å². The fourth-order valence-electron chi connectivity index (χ4n) is 3.51. The quantitative estimate of drug-likeness (QED) is 0.853. The maximum absolute atomic E-state index is 13.6. The molecule has 4 nitrogen and oxygen atoms in total. The van der Waals surface area contributed by atoms with Gasteiger partial charge in [0.2, 0.25) is 0 Å². The van der Waals surface area contributed by atoms with E-state index < -0.39 is 0 Å². The molecule has 0 radical (unpaired) electrons. The Kier molecular flexibility index (Phi) is 5.78. The second kappa shape index (κ2) is 7.89. The van der Waals surface area contributed by atoms with Crippen LogP contribution in [0.25, 0.3) is 11.3 Å². The number of aryl methyl sites for hydroxylation is 1. The van der Waals surface area contributed by atoms with Gasteiger partial charge in [-0.2, -0.15) is 0 Å². The van der Waals surface area contributed by atoms with Gasteiger partial charge in [-0.15, -0.1) is 0 Å². The van der Waals surface area contributed by atoms with Crippen LogP contribution in [0.15, 0.2) is 24.4 Å². The van der Waals surface area contributed by atoms with Gasteiger partial charge in [0, 0.05) is 36.3 Å². The van der Waals surface area contributed by atoms with E-state index in [9.17, 15) is 4.39 Å². The highest BCUT2D eigenvalue weighted by Crippen LogP contribution is 2.28. The lowest BCUT2D eigenvalue weighted by Crippen LogP contribution is -2.38. The van der Waals surface area contributed by atoms with E-state index in [0.29, 0.717) is 11.5 Å². The third-order valence-corrected chi connectivity index (χ3v) is 4.97. The fourth-order valence-corrected chi connectivity index (χ4v) is 3.51. The van der Waals surface area contributed by atoms with Gasteiger partial charge in [0.15, 0.2) is 0 Å². The number of imidazole rings is 1. The Hall–Kier alpha value is -1.72. The number of hydrogen-bond acceptors (Lipinski definition) is 3. The molecule has 0 atom stereocenters. The molecule has 1 fully saturated rings. The highest BCUT2D eigenvalue weighted by molar-refractivity contribution is 5.60. The van der Waals surface area contributed by atoms with Crippen LogP contribution in [-0.2, 0) is 6.54 Å². The van der Waals surface area contributed by atoms with Crippen molar-refractivity contribution in [3.05, 3.63) is 41.6 Å². The molecule has 142 valence electrons. The molecule has 0 amide bonds. The second-order valence-electron chi connectivity index (χ2n) is 8.34.